The number of pyridine rings is 1. The summed E-state index contributed by atoms with van der Waals surface area (Å²) in [5.74, 6) is -0.397. The van der Waals surface area contributed by atoms with Gasteiger partial charge < -0.3 is 5.32 Å². The van der Waals surface area contributed by atoms with Gasteiger partial charge >= 0.3 is 0 Å². The fourth-order valence-corrected chi connectivity index (χ4v) is 5.17. The summed E-state index contributed by atoms with van der Waals surface area (Å²) in [5.41, 5.74) is 2.27. The van der Waals surface area contributed by atoms with Crippen molar-refractivity contribution >= 4 is 11.7 Å². The molecular weight excluding hydrogens is 414 g/mol. The number of likely N-dealkylation sites (tertiary alicyclic amines) is 1. The van der Waals surface area contributed by atoms with Gasteiger partial charge in [-0.05, 0) is 62.8 Å². The SMILES string of the molecule is Cc1ccc(-n2cc3c(c(C(=O)NCCN4CCCC[C@H]4C)c2=O)CC(C)(C)CC3=O)cc1. The highest BCUT2D eigenvalue weighted by molar-refractivity contribution is 6.04. The lowest BCUT2D eigenvalue weighted by Gasteiger charge is -2.33. The summed E-state index contributed by atoms with van der Waals surface area (Å²) >= 11 is 0. The number of amides is 1. The van der Waals surface area contributed by atoms with Crippen molar-refractivity contribution in [1.29, 1.82) is 0 Å². The number of fused-ring (bicyclic) bond motifs is 1. The maximum Gasteiger partial charge on any atom is 0.268 e. The number of aromatic nitrogens is 1. The molecule has 0 radical (unpaired) electrons. The molecule has 2 heterocycles. The van der Waals surface area contributed by atoms with E-state index in [1.165, 1.54) is 23.8 Å². The zero-order valence-electron chi connectivity index (χ0n) is 20.2. The summed E-state index contributed by atoms with van der Waals surface area (Å²) < 4.78 is 1.45. The Morgan fingerprint density at radius 1 is 1.12 bits per heavy atom. The normalized spacial score (nSPS) is 20.4. The molecule has 6 nitrogen and oxygen atoms in total. The van der Waals surface area contributed by atoms with E-state index >= 15 is 0 Å². The van der Waals surface area contributed by atoms with Gasteiger partial charge in [-0.2, -0.15) is 0 Å². The van der Waals surface area contributed by atoms with Crippen LogP contribution < -0.4 is 10.9 Å². The quantitative estimate of drug-likeness (QED) is 0.751. The first-order valence-electron chi connectivity index (χ1n) is 12.1. The van der Waals surface area contributed by atoms with E-state index in [1.54, 1.807) is 6.20 Å². The van der Waals surface area contributed by atoms with Crippen LogP contribution in [-0.2, 0) is 6.42 Å². The molecule has 1 aliphatic carbocycles. The third-order valence-electron chi connectivity index (χ3n) is 7.08. The maximum atomic E-state index is 13.6. The molecule has 1 amide bonds. The largest absolute Gasteiger partial charge is 0.351 e. The molecule has 1 aliphatic heterocycles. The number of rotatable bonds is 5. The molecule has 1 N–H and O–H groups in total. The molecular formula is C27H35N3O3. The first-order valence-corrected chi connectivity index (χ1v) is 12.1. The molecule has 0 unspecified atom stereocenters. The van der Waals surface area contributed by atoms with Gasteiger partial charge in [-0.1, -0.05) is 38.0 Å². The minimum Gasteiger partial charge on any atom is -0.351 e. The number of carbonyl (C=O) groups excluding carboxylic acids is 2. The average molecular weight is 450 g/mol. The van der Waals surface area contributed by atoms with Crippen LogP contribution in [0.1, 0.15) is 78.3 Å². The van der Waals surface area contributed by atoms with Crippen LogP contribution >= 0.6 is 0 Å². The van der Waals surface area contributed by atoms with E-state index in [0.29, 0.717) is 42.2 Å². The summed E-state index contributed by atoms with van der Waals surface area (Å²) in [7, 11) is 0. The van der Waals surface area contributed by atoms with Crippen LogP contribution in [0, 0.1) is 12.3 Å². The van der Waals surface area contributed by atoms with Crippen LogP contribution in [0.5, 0.6) is 0 Å². The van der Waals surface area contributed by atoms with Gasteiger partial charge in [0.15, 0.2) is 5.78 Å². The van der Waals surface area contributed by atoms with Gasteiger partial charge in [0, 0.05) is 43.0 Å². The van der Waals surface area contributed by atoms with Gasteiger partial charge in [-0.25, -0.2) is 0 Å². The Balaban J connectivity index is 1.69. The van der Waals surface area contributed by atoms with Crippen molar-refractivity contribution in [3.63, 3.8) is 0 Å². The average Bonchev–Trinajstić information content (AvgIpc) is 2.75. The molecule has 1 aromatic carbocycles. The van der Waals surface area contributed by atoms with E-state index in [9.17, 15) is 14.4 Å². The Hall–Kier alpha value is -2.73. The number of nitrogens with zero attached hydrogens (tertiary/aromatic N) is 2. The molecule has 1 saturated heterocycles. The van der Waals surface area contributed by atoms with E-state index < -0.39 is 0 Å². The van der Waals surface area contributed by atoms with Crippen molar-refractivity contribution in [1.82, 2.24) is 14.8 Å². The Morgan fingerprint density at radius 2 is 1.85 bits per heavy atom. The van der Waals surface area contributed by atoms with Crippen LogP contribution in [0.25, 0.3) is 5.69 Å². The van der Waals surface area contributed by atoms with Crippen molar-refractivity contribution in [3.05, 3.63) is 63.1 Å². The van der Waals surface area contributed by atoms with E-state index in [0.717, 1.165) is 18.7 Å². The summed E-state index contributed by atoms with van der Waals surface area (Å²) in [6.07, 6.45) is 6.18. The summed E-state index contributed by atoms with van der Waals surface area (Å²) in [5, 5.41) is 2.98. The molecule has 1 atom stereocenters. The lowest BCUT2D eigenvalue weighted by atomic mass is 9.73. The fourth-order valence-electron chi connectivity index (χ4n) is 5.17. The monoisotopic (exact) mass is 449 g/mol. The molecule has 6 heteroatoms. The number of hydrogen-bond acceptors (Lipinski definition) is 4. The van der Waals surface area contributed by atoms with Crippen molar-refractivity contribution in [2.45, 2.75) is 65.8 Å². The Morgan fingerprint density at radius 3 is 2.55 bits per heavy atom. The zero-order valence-corrected chi connectivity index (χ0v) is 20.2. The van der Waals surface area contributed by atoms with Crippen LogP contribution in [0.4, 0.5) is 0 Å². The van der Waals surface area contributed by atoms with Crippen molar-refractivity contribution in [2.75, 3.05) is 19.6 Å². The van der Waals surface area contributed by atoms with E-state index in [4.69, 9.17) is 0 Å². The number of nitrogens with one attached hydrogen (secondary N) is 1. The molecule has 1 fully saturated rings. The van der Waals surface area contributed by atoms with E-state index in [-0.39, 0.29) is 28.2 Å². The van der Waals surface area contributed by atoms with Crippen molar-refractivity contribution < 1.29 is 9.59 Å². The van der Waals surface area contributed by atoms with Gasteiger partial charge in [0.1, 0.15) is 5.56 Å². The Labute approximate surface area is 196 Å². The minimum atomic E-state index is -0.382. The maximum absolute atomic E-state index is 13.6. The van der Waals surface area contributed by atoms with Crippen molar-refractivity contribution in [3.8, 4) is 5.69 Å². The van der Waals surface area contributed by atoms with Gasteiger partial charge in [-0.15, -0.1) is 0 Å². The Bertz CT molecular complexity index is 1110. The minimum absolute atomic E-state index is 0.0155. The first-order chi connectivity index (χ1) is 15.7. The molecule has 33 heavy (non-hydrogen) atoms. The molecule has 2 aromatic rings. The zero-order chi connectivity index (χ0) is 23.8. The van der Waals surface area contributed by atoms with Crippen LogP contribution in [0.2, 0.25) is 0 Å². The molecule has 176 valence electrons. The fraction of sp³-hybridized carbons (Fsp3) is 0.519. The van der Waals surface area contributed by atoms with Gasteiger partial charge in [-0.3, -0.25) is 23.9 Å². The number of benzene rings is 1. The van der Waals surface area contributed by atoms with Crippen LogP contribution in [0.15, 0.2) is 35.3 Å². The number of piperidine rings is 1. The molecule has 0 saturated carbocycles. The number of Topliss-reactive ketones (excluding diaryl/α,β-unsaturated/α-hetero) is 1. The molecule has 0 bridgehead atoms. The standard InChI is InChI=1S/C27H35N3O3/c1-18-8-10-20(11-9-18)30-17-22-21(15-27(3,4)16-23(22)31)24(26(30)33)25(32)28-12-14-29-13-6-5-7-19(29)2/h8-11,17,19H,5-7,12-16H2,1-4H3,(H,28,32)/t19-/m1/s1. The predicted molar refractivity (Wildman–Crippen MR) is 130 cm³/mol. The number of ketones is 1. The number of carbonyl (C=O) groups is 2. The highest BCUT2D eigenvalue weighted by Crippen LogP contribution is 2.35. The van der Waals surface area contributed by atoms with Gasteiger partial charge in [0.2, 0.25) is 0 Å². The number of hydrogen-bond donors (Lipinski definition) is 1. The molecule has 0 spiro atoms. The third kappa shape index (κ3) is 4.96. The highest BCUT2D eigenvalue weighted by atomic mass is 16.2. The van der Waals surface area contributed by atoms with Crippen molar-refractivity contribution in [2.24, 2.45) is 5.41 Å². The lowest BCUT2D eigenvalue weighted by Crippen LogP contribution is -2.44. The second-order valence-corrected chi connectivity index (χ2v) is 10.5. The first kappa shape index (κ1) is 23.4. The third-order valence-corrected chi connectivity index (χ3v) is 7.08. The topological polar surface area (TPSA) is 71.4 Å². The molecule has 1 aromatic heterocycles. The lowest BCUT2D eigenvalue weighted by molar-refractivity contribution is 0.0907. The van der Waals surface area contributed by atoms with Crippen LogP contribution in [-0.4, -0.2) is 46.8 Å². The summed E-state index contributed by atoms with van der Waals surface area (Å²) in [6, 6.07) is 8.05. The molecule has 4 rings (SSSR count). The summed E-state index contributed by atoms with van der Waals surface area (Å²) in [4.78, 5) is 42.4. The highest BCUT2D eigenvalue weighted by Gasteiger charge is 2.36. The second-order valence-electron chi connectivity index (χ2n) is 10.5. The summed E-state index contributed by atoms with van der Waals surface area (Å²) in [6.45, 7) is 10.5. The Kier molecular flexibility index (Phi) is 6.57. The van der Waals surface area contributed by atoms with E-state index in [1.807, 2.05) is 45.0 Å². The second kappa shape index (κ2) is 9.26. The molecule has 2 aliphatic rings. The van der Waals surface area contributed by atoms with Gasteiger partial charge in [0.25, 0.3) is 11.5 Å². The smallest absolute Gasteiger partial charge is 0.268 e. The van der Waals surface area contributed by atoms with Crippen LogP contribution in [0.3, 0.4) is 0 Å². The predicted octanol–water partition coefficient (Wildman–Crippen LogP) is 3.91. The van der Waals surface area contributed by atoms with Gasteiger partial charge in [0.05, 0.1) is 0 Å². The number of aryl methyl sites for hydroxylation is 1. The van der Waals surface area contributed by atoms with E-state index in [2.05, 4.69) is 17.1 Å².